The van der Waals surface area contributed by atoms with Gasteiger partial charge >= 0.3 is 0 Å². The zero-order valence-corrected chi connectivity index (χ0v) is 18.7. The van der Waals surface area contributed by atoms with Crippen LogP contribution in [0.5, 0.6) is 0 Å². The van der Waals surface area contributed by atoms with Crippen LogP contribution in [0.1, 0.15) is 60.8 Å². The number of halogens is 3. The van der Waals surface area contributed by atoms with Crippen LogP contribution in [0.3, 0.4) is 0 Å². The highest BCUT2D eigenvalue weighted by Crippen LogP contribution is 2.38. The average molecular weight is 435 g/mol. The normalized spacial score (nSPS) is 18.9. The summed E-state index contributed by atoms with van der Waals surface area (Å²) in [6.07, 6.45) is 8.15. The summed E-state index contributed by atoms with van der Waals surface area (Å²) in [6.45, 7) is 3.98. The Balaban J connectivity index is 1.42. The second kappa shape index (κ2) is 9.77. The molecular weight excluding hydrogens is 405 g/mol. The lowest BCUT2D eigenvalue weighted by Crippen LogP contribution is -2.13. The number of rotatable bonds is 5. The summed E-state index contributed by atoms with van der Waals surface area (Å²) in [4.78, 5) is 0. The van der Waals surface area contributed by atoms with Gasteiger partial charge in [-0.1, -0.05) is 73.2 Å². The van der Waals surface area contributed by atoms with E-state index in [1.165, 1.54) is 0 Å². The fourth-order valence-corrected chi connectivity index (χ4v) is 4.63. The van der Waals surface area contributed by atoms with Gasteiger partial charge in [0.05, 0.1) is 0 Å². The van der Waals surface area contributed by atoms with Crippen LogP contribution in [0.15, 0.2) is 60.7 Å². The summed E-state index contributed by atoms with van der Waals surface area (Å²) in [7, 11) is 0. The van der Waals surface area contributed by atoms with Gasteiger partial charge in [-0.15, -0.1) is 0 Å². The fourth-order valence-electron chi connectivity index (χ4n) is 4.63. The monoisotopic (exact) mass is 434 g/mol. The summed E-state index contributed by atoms with van der Waals surface area (Å²) in [5.41, 5.74) is 4.11. The van der Waals surface area contributed by atoms with Crippen LogP contribution in [-0.2, 0) is 6.42 Å². The van der Waals surface area contributed by atoms with Crippen LogP contribution in [-0.4, -0.2) is 0 Å². The summed E-state index contributed by atoms with van der Waals surface area (Å²) in [6, 6.07) is 16.3. The first-order valence-electron chi connectivity index (χ1n) is 11.5. The van der Waals surface area contributed by atoms with Gasteiger partial charge in [0.1, 0.15) is 5.82 Å². The first-order valence-corrected chi connectivity index (χ1v) is 11.5. The largest absolute Gasteiger partial charge is 0.207 e. The predicted molar refractivity (Wildman–Crippen MR) is 126 cm³/mol. The van der Waals surface area contributed by atoms with Crippen molar-refractivity contribution >= 4 is 6.08 Å². The minimum Gasteiger partial charge on any atom is -0.207 e. The molecule has 0 N–H and O–H groups in total. The Hall–Kier alpha value is -2.81. The topological polar surface area (TPSA) is 0 Å². The molecule has 0 bridgehead atoms. The van der Waals surface area contributed by atoms with Crippen molar-refractivity contribution in [3.05, 3.63) is 100 Å². The van der Waals surface area contributed by atoms with Gasteiger partial charge in [0, 0.05) is 11.1 Å². The van der Waals surface area contributed by atoms with Gasteiger partial charge < -0.3 is 0 Å². The lowest BCUT2D eigenvalue weighted by atomic mass is 9.78. The average Bonchev–Trinajstić information content (AvgIpc) is 2.81. The van der Waals surface area contributed by atoms with E-state index in [-0.39, 0.29) is 22.9 Å². The van der Waals surface area contributed by atoms with E-state index in [0.717, 1.165) is 48.8 Å². The van der Waals surface area contributed by atoms with E-state index < -0.39 is 11.6 Å². The van der Waals surface area contributed by atoms with Gasteiger partial charge in [0.15, 0.2) is 11.6 Å². The van der Waals surface area contributed by atoms with Gasteiger partial charge in [-0.25, -0.2) is 13.2 Å². The van der Waals surface area contributed by atoms with Gasteiger partial charge in [-0.2, -0.15) is 0 Å². The van der Waals surface area contributed by atoms with Gasteiger partial charge in [0.2, 0.25) is 0 Å². The second-order valence-corrected chi connectivity index (χ2v) is 8.88. The number of benzene rings is 3. The highest BCUT2D eigenvalue weighted by molar-refractivity contribution is 5.67. The van der Waals surface area contributed by atoms with Crippen LogP contribution < -0.4 is 0 Å². The lowest BCUT2D eigenvalue weighted by molar-refractivity contribution is 0.369. The molecule has 1 aliphatic carbocycles. The van der Waals surface area contributed by atoms with Crippen molar-refractivity contribution in [1.29, 1.82) is 0 Å². The van der Waals surface area contributed by atoms with E-state index in [9.17, 15) is 13.2 Å². The molecule has 0 heterocycles. The standard InChI is InChI=1S/C29H29F3/c1-3-20-9-16-25(27(30)18-20)22-12-6-21(7-13-22)8-14-24-15-17-26(29(32)28(24)31)23-10-4-19(2)5-11-23/h4-5,8-11,14-18,21-22H,3,6-7,12-13H2,1-2H3/b14-8+. The molecule has 3 aromatic carbocycles. The summed E-state index contributed by atoms with van der Waals surface area (Å²) >= 11 is 0. The quantitative estimate of drug-likeness (QED) is 0.377. The summed E-state index contributed by atoms with van der Waals surface area (Å²) < 4.78 is 43.9. The third-order valence-corrected chi connectivity index (χ3v) is 6.71. The second-order valence-electron chi connectivity index (χ2n) is 8.88. The molecule has 166 valence electrons. The number of hydrogen-bond acceptors (Lipinski definition) is 0. The van der Waals surface area contributed by atoms with Crippen LogP contribution in [0.4, 0.5) is 13.2 Å². The number of allylic oxidation sites excluding steroid dienone is 1. The van der Waals surface area contributed by atoms with E-state index in [0.29, 0.717) is 11.5 Å². The molecule has 0 saturated heterocycles. The van der Waals surface area contributed by atoms with Crippen LogP contribution in [0, 0.1) is 30.3 Å². The molecule has 0 amide bonds. The van der Waals surface area contributed by atoms with E-state index in [4.69, 9.17) is 0 Å². The Morgan fingerprint density at radius 1 is 0.844 bits per heavy atom. The Labute approximate surface area is 188 Å². The maximum Gasteiger partial charge on any atom is 0.167 e. The molecule has 0 aromatic heterocycles. The van der Waals surface area contributed by atoms with E-state index >= 15 is 0 Å². The smallest absolute Gasteiger partial charge is 0.167 e. The molecule has 3 aromatic rings. The van der Waals surface area contributed by atoms with Crippen molar-refractivity contribution < 1.29 is 13.2 Å². The summed E-state index contributed by atoms with van der Waals surface area (Å²) in [5.74, 6) is -1.21. The van der Waals surface area contributed by atoms with E-state index in [1.54, 1.807) is 36.4 Å². The molecule has 0 atom stereocenters. The van der Waals surface area contributed by atoms with Gasteiger partial charge in [-0.3, -0.25) is 0 Å². The minimum absolute atomic E-state index is 0.102. The Kier molecular flexibility index (Phi) is 6.83. The Morgan fingerprint density at radius 2 is 1.56 bits per heavy atom. The Morgan fingerprint density at radius 3 is 2.22 bits per heavy atom. The maximum absolute atomic E-state index is 14.7. The third-order valence-electron chi connectivity index (χ3n) is 6.71. The predicted octanol–water partition coefficient (Wildman–Crippen LogP) is 8.63. The Bertz CT molecular complexity index is 1100. The molecule has 4 rings (SSSR count). The van der Waals surface area contributed by atoms with Crippen molar-refractivity contribution in [2.75, 3.05) is 0 Å². The van der Waals surface area contributed by atoms with Crippen molar-refractivity contribution in [2.45, 2.75) is 51.9 Å². The molecule has 0 nitrogen and oxygen atoms in total. The lowest BCUT2D eigenvalue weighted by Gasteiger charge is -2.27. The molecule has 1 fully saturated rings. The van der Waals surface area contributed by atoms with E-state index in [2.05, 4.69) is 0 Å². The van der Waals surface area contributed by atoms with Gasteiger partial charge in [0.25, 0.3) is 0 Å². The molecule has 1 aliphatic rings. The summed E-state index contributed by atoms with van der Waals surface area (Å²) in [5, 5.41) is 0. The molecule has 0 radical (unpaired) electrons. The van der Waals surface area contributed by atoms with Crippen molar-refractivity contribution in [2.24, 2.45) is 5.92 Å². The van der Waals surface area contributed by atoms with Gasteiger partial charge in [-0.05, 0) is 73.6 Å². The first kappa shape index (κ1) is 22.4. The van der Waals surface area contributed by atoms with E-state index in [1.807, 2.05) is 44.2 Å². The molecule has 1 saturated carbocycles. The maximum atomic E-state index is 14.7. The van der Waals surface area contributed by atoms with Crippen LogP contribution >= 0.6 is 0 Å². The zero-order valence-electron chi connectivity index (χ0n) is 18.7. The van der Waals surface area contributed by atoms with Crippen molar-refractivity contribution in [1.82, 2.24) is 0 Å². The molecule has 0 unspecified atom stereocenters. The molecule has 0 spiro atoms. The first-order chi connectivity index (χ1) is 15.5. The molecular formula is C29H29F3. The highest BCUT2D eigenvalue weighted by Gasteiger charge is 2.23. The number of hydrogen-bond donors (Lipinski definition) is 0. The number of aryl methyl sites for hydroxylation is 2. The minimum atomic E-state index is -0.814. The zero-order chi connectivity index (χ0) is 22.7. The SMILES string of the molecule is CCc1ccc(C2CCC(/C=C/c3ccc(-c4ccc(C)cc4)c(F)c3F)CC2)c(F)c1. The molecule has 0 aliphatic heterocycles. The van der Waals surface area contributed by atoms with Crippen molar-refractivity contribution in [3.8, 4) is 11.1 Å². The fraction of sp³-hybridized carbons (Fsp3) is 0.310. The van der Waals surface area contributed by atoms with Crippen LogP contribution in [0.2, 0.25) is 0 Å². The third kappa shape index (κ3) is 4.82. The highest BCUT2D eigenvalue weighted by atomic mass is 19.2. The molecule has 32 heavy (non-hydrogen) atoms. The van der Waals surface area contributed by atoms with Crippen LogP contribution in [0.25, 0.3) is 17.2 Å². The molecule has 3 heteroatoms. The van der Waals surface area contributed by atoms with Crippen molar-refractivity contribution in [3.63, 3.8) is 0 Å².